The van der Waals surface area contributed by atoms with E-state index in [0.717, 1.165) is 19.4 Å². The van der Waals surface area contributed by atoms with E-state index >= 15 is 8.78 Å². The van der Waals surface area contributed by atoms with E-state index in [1.54, 1.807) is 0 Å². The quantitative estimate of drug-likeness (QED) is 0.283. The molecule has 0 amide bonds. The van der Waals surface area contributed by atoms with Gasteiger partial charge in [-0.05, 0) is 44.7 Å². The van der Waals surface area contributed by atoms with Gasteiger partial charge in [0.2, 0.25) is 0 Å². The Morgan fingerprint density at radius 3 is 2.72 bits per heavy atom. The molecule has 2 aromatic heterocycles. The number of aliphatic hydroxyl groups excluding tert-OH is 1. The first-order valence-corrected chi connectivity index (χ1v) is 14.7. The second kappa shape index (κ2) is 10.6. The van der Waals surface area contributed by atoms with Crippen molar-refractivity contribution in [2.24, 2.45) is 0 Å². The molecule has 3 N–H and O–H groups in total. The van der Waals surface area contributed by atoms with Gasteiger partial charge in [0.15, 0.2) is 17.2 Å². The fourth-order valence-electron chi connectivity index (χ4n) is 6.90. The summed E-state index contributed by atoms with van der Waals surface area (Å²) in [5, 5.41) is 10.3. The second-order valence-electron chi connectivity index (χ2n) is 11.7. The van der Waals surface area contributed by atoms with Gasteiger partial charge in [-0.3, -0.25) is 4.90 Å². The molecule has 3 aliphatic heterocycles. The van der Waals surface area contributed by atoms with Gasteiger partial charge in [0, 0.05) is 43.1 Å². The molecule has 7 rings (SSSR count). The van der Waals surface area contributed by atoms with Crippen LogP contribution < -0.4 is 15.4 Å². The lowest BCUT2D eigenvalue weighted by molar-refractivity contribution is 0.107. The van der Waals surface area contributed by atoms with Crippen LogP contribution in [0.15, 0.2) is 16.5 Å². The van der Waals surface area contributed by atoms with E-state index in [0.29, 0.717) is 57.2 Å². The van der Waals surface area contributed by atoms with Crippen LogP contribution in [-0.2, 0) is 0 Å². The minimum absolute atomic E-state index is 0.116. The molecule has 4 aromatic rings. The Labute approximate surface area is 248 Å². The Kier molecular flexibility index (Phi) is 7.01. The first-order valence-electron chi connectivity index (χ1n) is 14.3. The van der Waals surface area contributed by atoms with Crippen molar-refractivity contribution in [3.63, 3.8) is 0 Å². The molecule has 0 radical (unpaired) electrons. The van der Waals surface area contributed by atoms with Crippen LogP contribution >= 0.6 is 11.6 Å². The number of aromatic nitrogens is 3. The average Bonchev–Trinajstić information content (AvgIpc) is 3.57. The summed E-state index contributed by atoms with van der Waals surface area (Å²) in [6.07, 6.45) is 2.29. The lowest BCUT2D eigenvalue weighted by Gasteiger charge is -2.31. The summed E-state index contributed by atoms with van der Waals surface area (Å²) in [7, 11) is 0. The average molecular weight is 621 g/mol. The van der Waals surface area contributed by atoms with Crippen molar-refractivity contribution in [1.29, 1.82) is 0 Å². The van der Waals surface area contributed by atoms with Gasteiger partial charge in [0.25, 0.3) is 6.01 Å². The maximum absolute atomic E-state index is 16.6. The number of nitrogens with two attached hydrogens (primary N) is 1. The first-order chi connectivity index (χ1) is 20.6. The van der Waals surface area contributed by atoms with Crippen LogP contribution in [0.3, 0.4) is 0 Å². The zero-order valence-electron chi connectivity index (χ0n) is 23.1. The van der Waals surface area contributed by atoms with Crippen molar-refractivity contribution in [3.8, 4) is 17.1 Å². The molecule has 0 saturated carbocycles. The van der Waals surface area contributed by atoms with E-state index in [4.69, 9.17) is 26.5 Å². The van der Waals surface area contributed by atoms with Crippen LogP contribution in [-0.4, -0.2) is 75.6 Å². The number of halogens is 5. The maximum Gasteiger partial charge on any atom is 0.319 e. The van der Waals surface area contributed by atoms with Crippen molar-refractivity contribution in [3.05, 3.63) is 34.6 Å². The summed E-state index contributed by atoms with van der Waals surface area (Å²) in [5.41, 5.74) is 3.32. The fraction of sp³-hybridized carbons (Fsp3) is 0.483. The van der Waals surface area contributed by atoms with Crippen LogP contribution in [0.1, 0.15) is 38.5 Å². The zero-order valence-corrected chi connectivity index (χ0v) is 23.8. The molecule has 2 unspecified atom stereocenters. The van der Waals surface area contributed by atoms with E-state index in [1.165, 1.54) is 6.07 Å². The summed E-state index contributed by atoms with van der Waals surface area (Å²) in [6.45, 7) is 2.18. The Balaban J connectivity index is 1.38. The highest BCUT2D eigenvalue weighted by Gasteiger charge is 2.49. The molecule has 3 fully saturated rings. The molecule has 0 aliphatic carbocycles. The topological polar surface area (TPSA) is 114 Å². The molecule has 3 aliphatic rings. The highest BCUT2D eigenvalue weighted by Crippen LogP contribution is 2.44. The molecule has 9 nitrogen and oxygen atoms in total. The number of fused-ring (bicyclic) bond motifs is 3. The van der Waals surface area contributed by atoms with Gasteiger partial charge in [-0.25, -0.2) is 17.6 Å². The smallest absolute Gasteiger partial charge is 0.319 e. The van der Waals surface area contributed by atoms with E-state index in [1.807, 2.05) is 4.90 Å². The van der Waals surface area contributed by atoms with Crippen LogP contribution in [0.4, 0.5) is 29.4 Å². The zero-order chi connectivity index (χ0) is 30.0. The normalized spacial score (nSPS) is 24.7. The molecule has 3 atom stereocenters. The number of hydrogen-bond donors (Lipinski definition) is 2. The van der Waals surface area contributed by atoms with Crippen molar-refractivity contribution < 1.29 is 31.8 Å². The molecular formula is C29H29ClF4N6O3. The molecule has 0 bridgehead atoms. The lowest BCUT2D eigenvalue weighted by atomic mass is 9.95. The summed E-state index contributed by atoms with van der Waals surface area (Å²) >= 11 is 6.61. The van der Waals surface area contributed by atoms with Gasteiger partial charge in [-0.15, -0.1) is 0 Å². The number of aliphatic hydroxyl groups is 1. The summed E-state index contributed by atoms with van der Waals surface area (Å²) in [4.78, 5) is 16.9. The number of oxazole rings is 1. The number of alkyl halides is 1. The third-order valence-corrected chi connectivity index (χ3v) is 9.21. The largest absolute Gasteiger partial charge is 0.461 e. The van der Waals surface area contributed by atoms with Gasteiger partial charge >= 0.3 is 6.01 Å². The Morgan fingerprint density at radius 2 is 1.88 bits per heavy atom. The van der Waals surface area contributed by atoms with Crippen molar-refractivity contribution >= 4 is 45.4 Å². The van der Waals surface area contributed by atoms with Gasteiger partial charge in [0.05, 0.1) is 22.2 Å². The number of benzene rings is 2. The first kappa shape index (κ1) is 28.4. The van der Waals surface area contributed by atoms with Gasteiger partial charge < -0.3 is 24.9 Å². The van der Waals surface area contributed by atoms with Crippen LogP contribution in [0.5, 0.6) is 6.01 Å². The fourth-order valence-corrected chi connectivity index (χ4v) is 7.19. The summed E-state index contributed by atoms with van der Waals surface area (Å²) in [5.74, 6) is -2.82. The van der Waals surface area contributed by atoms with Gasteiger partial charge in [0.1, 0.15) is 35.4 Å². The number of ether oxygens (including phenoxy) is 1. The highest BCUT2D eigenvalue weighted by molar-refractivity contribution is 6.35. The van der Waals surface area contributed by atoms with E-state index in [9.17, 15) is 13.9 Å². The third kappa shape index (κ3) is 4.81. The predicted octanol–water partition coefficient (Wildman–Crippen LogP) is 5.40. The molecule has 0 spiro atoms. The van der Waals surface area contributed by atoms with Crippen molar-refractivity contribution in [2.75, 3.05) is 43.4 Å². The second-order valence-corrected chi connectivity index (χ2v) is 12.1. The minimum atomic E-state index is -1.12. The summed E-state index contributed by atoms with van der Waals surface area (Å²) in [6, 6.07) is 1.43. The highest BCUT2D eigenvalue weighted by atomic mass is 35.5. The van der Waals surface area contributed by atoms with Crippen LogP contribution in [0.25, 0.3) is 33.1 Å². The number of nitrogens with zero attached hydrogens (tertiary/aromatic N) is 5. The maximum atomic E-state index is 16.6. The number of hydrogen-bond acceptors (Lipinski definition) is 9. The molecular weight excluding hydrogens is 592 g/mol. The van der Waals surface area contributed by atoms with Crippen molar-refractivity contribution in [2.45, 2.75) is 56.3 Å². The number of rotatable bonds is 5. The van der Waals surface area contributed by atoms with E-state index in [2.05, 4.69) is 19.9 Å². The number of anilines is 2. The van der Waals surface area contributed by atoms with Crippen molar-refractivity contribution in [1.82, 2.24) is 19.9 Å². The molecule has 3 saturated heterocycles. The third-order valence-electron chi connectivity index (χ3n) is 8.91. The van der Waals surface area contributed by atoms with Gasteiger partial charge in [-0.2, -0.15) is 15.0 Å². The molecule has 43 heavy (non-hydrogen) atoms. The standard InChI is InChI=1S/C29H29ClF4N6O3/c30-17-9-16-23(22(34)20(17)21-18(32)10-19(33)25-24(21)36-27(35)43-25)37-28(38-26(16)39-6-1-3-15(41)4-8-39)42-13-29-5-2-7-40(29)12-14(31)11-29/h9-10,14-15,41H,1-8,11-13H2,(H2,35,36)/t14-,15?,29?/m1/s1. The monoisotopic (exact) mass is 620 g/mol. The Morgan fingerprint density at radius 1 is 1.05 bits per heavy atom. The molecule has 2 aromatic carbocycles. The Hall–Kier alpha value is -3.42. The SMILES string of the molecule is Nc1nc2c(-c3c(Cl)cc4c(N5CCCC(O)CC5)nc(OCC56CCCN5C[C@H](F)C6)nc4c3F)c(F)cc(F)c2o1. The molecule has 14 heteroatoms. The van der Waals surface area contributed by atoms with E-state index in [-0.39, 0.29) is 34.1 Å². The van der Waals surface area contributed by atoms with E-state index < -0.39 is 58.0 Å². The molecule has 228 valence electrons. The Bertz CT molecular complexity index is 1740. The van der Waals surface area contributed by atoms with Crippen LogP contribution in [0.2, 0.25) is 5.02 Å². The predicted molar refractivity (Wildman–Crippen MR) is 152 cm³/mol. The summed E-state index contributed by atoms with van der Waals surface area (Å²) < 4.78 is 72.0. The minimum Gasteiger partial charge on any atom is -0.461 e. The lowest BCUT2D eigenvalue weighted by Crippen LogP contribution is -2.43. The number of nitrogen functional groups attached to an aromatic ring is 1. The molecule has 5 heterocycles. The van der Waals surface area contributed by atoms with Crippen LogP contribution in [0, 0.1) is 17.5 Å². The van der Waals surface area contributed by atoms with Gasteiger partial charge in [-0.1, -0.05) is 11.6 Å².